The van der Waals surface area contributed by atoms with Gasteiger partial charge in [-0.2, -0.15) is 0 Å². The van der Waals surface area contributed by atoms with Gasteiger partial charge in [0, 0.05) is 6.20 Å². The molecule has 0 unspecified atom stereocenters. The highest BCUT2D eigenvalue weighted by atomic mass is 35.5. The molecular weight excluding hydrogens is 170 g/mol. The van der Waals surface area contributed by atoms with Crippen molar-refractivity contribution in [3.63, 3.8) is 0 Å². The third-order valence-corrected chi connectivity index (χ3v) is 2.53. The fraction of sp³-hybridized carbons (Fsp3) is 0.300. The molecule has 1 aliphatic rings. The largest absolute Gasteiger partial charge is 0.244 e. The van der Waals surface area contributed by atoms with Crippen LogP contribution in [0, 0.1) is 12.3 Å². The maximum atomic E-state index is 5.66. The molecule has 60 valence electrons. The third-order valence-electron chi connectivity index (χ3n) is 2.31. The van der Waals surface area contributed by atoms with Gasteiger partial charge < -0.3 is 0 Å². The van der Waals surface area contributed by atoms with Crippen LogP contribution < -0.4 is 0 Å². The number of hydrogen-bond donors (Lipinski definition) is 0. The number of nitrogens with zero attached hydrogens (tertiary/aromatic N) is 1. The number of aromatic nitrogens is 1. The number of pyridine rings is 1. The van der Waals surface area contributed by atoms with Crippen molar-refractivity contribution in [2.45, 2.75) is 18.3 Å². The molecule has 0 aromatic carbocycles. The lowest BCUT2D eigenvalue weighted by Crippen LogP contribution is -2.02. The van der Waals surface area contributed by atoms with E-state index in [1.165, 1.54) is 0 Å². The van der Waals surface area contributed by atoms with Gasteiger partial charge in [-0.25, -0.2) is 4.98 Å². The van der Waals surface area contributed by atoms with Gasteiger partial charge in [0.15, 0.2) is 0 Å². The van der Waals surface area contributed by atoms with Gasteiger partial charge in [0.05, 0.1) is 5.41 Å². The quantitative estimate of drug-likeness (QED) is 0.474. The fourth-order valence-electron chi connectivity index (χ4n) is 1.30. The molecule has 0 atom stereocenters. The molecule has 0 bridgehead atoms. The van der Waals surface area contributed by atoms with Gasteiger partial charge in [-0.05, 0) is 24.5 Å². The van der Waals surface area contributed by atoms with E-state index in [1.54, 1.807) is 12.3 Å². The molecule has 0 radical (unpaired) electrons. The SMILES string of the molecule is C#CC1(c2ccc(Cl)nc2)CC1. The molecule has 0 N–H and O–H groups in total. The van der Waals surface area contributed by atoms with Crippen LogP contribution in [0.25, 0.3) is 0 Å². The molecule has 2 heteroatoms. The highest BCUT2D eigenvalue weighted by Gasteiger charge is 2.42. The van der Waals surface area contributed by atoms with Crippen molar-refractivity contribution in [3.05, 3.63) is 29.0 Å². The molecule has 0 aliphatic heterocycles. The highest BCUT2D eigenvalue weighted by Crippen LogP contribution is 2.47. The van der Waals surface area contributed by atoms with Crippen LogP contribution in [-0.4, -0.2) is 4.98 Å². The Morgan fingerprint density at radius 1 is 1.50 bits per heavy atom. The Hall–Kier alpha value is -1.00. The van der Waals surface area contributed by atoms with E-state index in [4.69, 9.17) is 18.0 Å². The van der Waals surface area contributed by atoms with Crippen molar-refractivity contribution in [1.29, 1.82) is 0 Å². The summed E-state index contributed by atoms with van der Waals surface area (Å²) in [6.07, 6.45) is 9.35. The van der Waals surface area contributed by atoms with Crippen molar-refractivity contribution in [3.8, 4) is 12.3 Å². The van der Waals surface area contributed by atoms with Crippen LogP contribution in [0.3, 0.4) is 0 Å². The normalized spacial score (nSPS) is 18.3. The zero-order chi connectivity index (χ0) is 8.60. The minimum Gasteiger partial charge on any atom is -0.244 e. The van der Waals surface area contributed by atoms with Gasteiger partial charge in [-0.15, -0.1) is 6.42 Å². The van der Waals surface area contributed by atoms with Crippen LogP contribution in [0.5, 0.6) is 0 Å². The summed E-state index contributed by atoms with van der Waals surface area (Å²) < 4.78 is 0. The topological polar surface area (TPSA) is 12.9 Å². The standard InChI is InChI=1S/C10H8ClN/c1-2-10(5-6-10)8-3-4-9(11)12-7-8/h1,3-4,7H,5-6H2. The Bertz CT molecular complexity index is 330. The molecule has 1 heterocycles. The summed E-state index contributed by atoms with van der Waals surface area (Å²) in [5.41, 5.74) is 1.10. The van der Waals surface area contributed by atoms with Gasteiger partial charge in [0.25, 0.3) is 0 Å². The second-order valence-corrected chi connectivity index (χ2v) is 3.48. The van der Waals surface area contributed by atoms with E-state index >= 15 is 0 Å². The predicted octanol–water partition coefficient (Wildman–Crippen LogP) is 2.40. The fourth-order valence-corrected chi connectivity index (χ4v) is 1.41. The zero-order valence-corrected chi connectivity index (χ0v) is 7.30. The Morgan fingerprint density at radius 2 is 2.25 bits per heavy atom. The predicted molar refractivity (Wildman–Crippen MR) is 49.0 cm³/mol. The molecular formula is C10H8ClN. The van der Waals surface area contributed by atoms with Crippen LogP contribution >= 0.6 is 11.6 Å². The summed E-state index contributed by atoms with van der Waals surface area (Å²) in [6, 6.07) is 3.75. The third kappa shape index (κ3) is 1.09. The summed E-state index contributed by atoms with van der Waals surface area (Å²) in [5.74, 6) is 2.81. The van der Waals surface area contributed by atoms with E-state index in [0.717, 1.165) is 18.4 Å². The molecule has 12 heavy (non-hydrogen) atoms. The number of halogens is 1. The second-order valence-electron chi connectivity index (χ2n) is 3.10. The van der Waals surface area contributed by atoms with Crippen molar-refractivity contribution in [2.24, 2.45) is 0 Å². The maximum Gasteiger partial charge on any atom is 0.129 e. The molecule has 1 aromatic rings. The summed E-state index contributed by atoms with van der Waals surface area (Å²) in [4.78, 5) is 4.00. The van der Waals surface area contributed by atoms with E-state index in [9.17, 15) is 0 Å². The van der Waals surface area contributed by atoms with Crippen LogP contribution in [0.1, 0.15) is 18.4 Å². The Morgan fingerprint density at radius 3 is 2.67 bits per heavy atom. The number of terminal acetylenes is 1. The zero-order valence-electron chi connectivity index (χ0n) is 6.55. The summed E-state index contributed by atoms with van der Waals surface area (Å²) >= 11 is 5.66. The Labute approximate surface area is 76.8 Å². The first-order valence-electron chi connectivity index (χ1n) is 3.87. The van der Waals surface area contributed by atoms with E-state index in [-0.39, 0.29) is 5.41 Å². The molecule has 1 aromatic heterocycles. The molecule has 0 spiro atoms. The monoisotopic (exact) mass is 177 g/mol. The summed E-state index contributed by atoms with van der Waals surface area (Å²) in [5, 5.41) is 0.520. The van der Waals surface area contributed by atoms with Crippen LogP contribution in [0.4, 0.5) is 0 Å². The van der Waals surface area contributed by atoms with Gasteiger partial charge >= 0.3 is 0 Å². The van der Waals surface area contributed by atoms with Gasteiger partial charge in [-0.3, -0.25) is 0 Å². The molecule has 2 rings (SSSR count). The average molecular weight is 178 g/mol. The number of hydrogen-bond acceptors (Lipinski definition) is 1. The molecule has 1 fully saturated rings. The Kier molecular flexibility index (Phi) is 1.59. The smallest absolute Gasteiger partial charge is 0.129 e. The lowest BCUT2D eigenvalue weighted by Gasteiger charge is -2.05. The minimum absolute atomic E-state index is 0.0163. The van der Waals surface area contributed by atoms with Crippen molar-refractivity contribution in [1.82, 2.24) is 4.98 Å². The molecule has 1 saturated carbocycles. The number of rotatable bonds is 1. The van der Waals surface area contributed by atoms with Crippen LogP contribution in [-0.2, 0) is 5.41 Å². The molecule has 0 saturated heterocycles. The van der Waals surface area contributed by atoms with Crippen molar-refractivity contribution < 1.29 is 0 Å². The molecule has 1 aliphatic carbocycles. The first kappa shape index (κ1) is 7.64. The second kappa shape index (κ2) is 2.50. The van der Waals surface area contributed by atoms with E-state index in [2.05, 4.69) is 10.9 Å². The first-order chi connectivity index (χ1) is 5.77. The maximum absolute atomic E-state index is 5.66. The van der Waals surface area contributed by atoms with Gasteiger partial charge in [0.1, 0.15) is 5.15 Å². The van der Waals surface area contributed by atoms with Crippen LogP contribution in [0.2, 0.25) is 5.15 Å². The van der Waals surface area contributed by atoms with E-state index < -0.39 is 0 Å². The lowest BCUT2D eigenvalue weighted by molar-refractivity contribution is 0.918. The van der Waals surface area contributed by atoms with Crippen LogP contribution in [0.15, 0.2) is 18.3 Å². The minimum atomic E-state index is -0.0163. The summed E-state index contributed by atoms with van der Waals surface area (Å²) in [6.45, 7) is 0. The van der Waals surface area contributed by atoms with Crippen molar-refractivity contribution >= 4 is 11.6 Å². The van der Waals surface area contributed by atoms with Crippen molar-refractivity contribution in [2.75, 3.05) is 0 Å². The lowest BCUT2D eigenvalue weighted by atomic mass is 9.99. The average Bonchev–Trinajstić information content (AvgIpc) is 2.86. The van der Waals surface area contributed by atoms with E-state index in [0.29, 0.717) is 5.15 Å². The van der Waals surface area contributed by atoms with Gasteiger partial charge in [0.2, 0.25) is 0 Å². The van der Waals surface area contributed by atoms with Gasteiger partial charge in [-0.1, -0.05) is 23.6 Å². The molecule has 0 amide bonds. The Balaban J connectivity index is 2.37. The molecule has 1 nitrogen and oxygen atoms in total. The first-order valence-corrected chi connectivity index (χ1v) is 4.24. The summed E-state index contributed by atoms with van der Waals surface area (Å²) in [7, 11) is 0. The highest BCUT2D eigenvalue weighted by molar-refractivity contribution is 6.29. The van der Waals surface area contributed by atoms with E-state index in [1.807, 2.05) is 6.07 Å².